The normalized spacial score (nSPS) is 12.1. The number of carboxylic acid groups (broad SMARTS) is 1. The first-order valence-electron chi connectivity index (χ1n) is 6.63. The Labute approximate surface area is 105 Å². The lowest BCUT2D eigenvalue weighted by Gasteiger charge is -2.06. The smallest absolute Gasteiger partial charge is 0.328 e. The van der Waals surface area contributed by atoms with Crippen molar-refractivity contribution in [2.24, 2.45) is 5.92 Å². The molecule has 0 aromatic rings. The lowest BCUT2D eigenvalue weighted by molar-refractivity contribution is -0.131. The van der Waals surface area contributed by atoms with Gasteiger partial charge < -0.3 is 10.4 Å². The number of nitrogens with one attached hydrogen (secondary N) is 1. The second kappa shape index (κ2) is 10.3. The molecule has 0 radical (unpaired) electrons. The van der Waals surface area contributed by atoms with Gasteiger partial charge in [0.05, 0.1) is 0 Å². The number of carbonyl (C=O) groups is 1. The van der Waals surface area contributed by atoms with Crippen LogP contribution in [0.25, 0.3) is 0 Å². The Balaban J connectivity index is 3.27. The lowest BCUT2D eigenvalue weighted by atomic mass is 10.0. The Morgan fingerprint density at radius 1 is 1.24 bits per heavy atom. The molecule has 17 heavy (non-hydrogen) atoms. The minimum absolute atomic E-state index is 0.679. The summed E-state index contributed by atoms with van der Waals surface area (Å²) in [6.07, 6.45) is 7.67. The predicted octanol–water partition coefficient (Wildman–Crippen LogP) is 3.21. The van der Waals surface area contributed by atoms with Gasteiger partial charge in [0.15, 0.2) is 0 Å². The van der Waals surface area contributed by atoms with Crippen molar-refractivity contribution in [2.75, 3.05) is 13.1 Å². The number of hydrogen-bond acceptors (Lipinski definition) is 2. The van der Waals surface area contributed by atoms with Crippen LogP contribution in [-0.4, -0.2) is 24.2 Å². The van der Waals surface area contributed by atoms with E-state index < -0.39 is 5.97 Å². The van der Waals surface area contributed by atoms with Gasteiger partial charge in [-0.3, -0.25) is 0 Å². The van der Waals surface area contributed by atoms with Crippen molar-refractivity contribution in [1.29, 1.82) is 0 Å². The number of unbranched alkanes of at least 4 members (excludes halogenated alkanes) is 3. The fourth-order valence-corrected chi connectivity index (χ4v) is 1.70. The van der Waals surface area contributed by atoms with E-state index >= 15 is 0 Å². The highest BCUT2D eigenvalue weighted by Gasteiger charge is 1.96. The maximum absolute atomic E-state index is 10.4. The van der Waals surface area contributed by atoms with Gasteiger partial charge in [0, 0.05) is 12.6 Å². The van der Waals surface area contributed by atoms with Crippen molar-refractivity contribution in [2.45, 2.75) is 52.9 Å². The molecule has 0 saturated carbocycles. The zero-order valence-corrected chi connectivity index (χ0v) is 11.5. The second-order valence-corrected chi connectivity index (χ2v) is 5.10. The van der Waals surface area contributed by atoms with Gasteiger partial charge in [-0.05, 0) is 25.8 Å². The Morgan fingerprint density at radius 2 is 1.88 bits per heavy atom. The molecule has 0 heterocycles. The van der Waals surface area contributed by atoms with Crippen LogP contribution in [0.5, 0.6) is 0 Å². The summed E-state index contributed by atoms with van der Waals surface area (Å²) in [6, 6.07) is 0. The van der Waals surface area contributed by atoms with Gasteiger partial charge in [-0.25, -0.2) is 4.79 Å². The first-order chi connectivity index (χ1) is 8.02. The summed E-state index contributed by atoms with van der Waals surface area (Å²) in [5.74, 6) is -0.0464. The molecule has 2 N–H and O–H groups in total. The van der Waals surface area contributed by atoms with Crippen molar-refractivity contribution in [3.8, 4) is 0 Å². The summed E-state index contributed by atoms with van der Waals surface area (Å²) in [4.78, 5) is 10.4. The van der Waals surface area contributed by atoms with E-state index in [0.717, 1.165) is 18.0 Å². The lowest BCUT2D eigenvalue weighted by Crippen LogP contribution is -2.18. The summed E-state index contributed by atoms with van der Waals surface area (Å²) in [7, 11) is 0. The highest BCUT2D eigenvalue weighted by Crippen LogP contribution is 2.08. The summed E-state index contributed by atoms with van der Waals surface area (Å²) >= 11 is 0. The van der Waals surface area contributed by atoms with E-state index in [4.69, 9.17) is 5.11 Å². The van der Waals surface area contributed by atoms with Crippen molar-refractivity contribution in [3.63, 3.8) is 0 Å². The first-order valence-corrected chi connectivity index (χ1v) is 6.63. The third-order valence-electron chi connectivity index (χ3n) is 2.66. The van der Waals surface area contributed by atoms with Crippen molar-refractivity contribution >= 4 is 5.97 Å². The molecule has 0 atom stereocenters. The molecule has 3 nitrogen and oxygen atoms in total. The standard InChI is InChI=1S/C14H27NO2/c1-12(2)8-6-4-5-7-9-15-11-13(3)10-14(16)17/h10,12,15H,4-9,11H2,1-3H3,(H,16,17). The Kier molecular flexibility index (Phi) is 9.83. The van der Waals surface area contributed by atoms with E-state index in [1.54, 1.807) is 0 Å². The third-order valence-corrected chi connectivity index (χ3v) is 2.66. The molecule has 0 aliphatic rings. The maximum atomic E-state index is 10.4. The minimum Gasteiger partial charge on any atom is -0.478 e. The van der Waals surface area contributed by atoms with Crippen molar-refractivity contribution < 1.29 is 9.90 Å². The molecule has 0 aromatic carbocycles. The van der Waals surface area contributed by atoms with Gasteiger partial charge in [0.1, 0.15) is 0 Å². The van der Waals surface area contributed by atoms with E-state index in [-0.39, 0.29) is 0 Å². The van der Waals surface area contributed by atoms with Gasteiger partial charge in [0.2, 0.25) is 0 Å². The SMILES string of the molecule is CC(=CC(=O)O)CNCCCCCCC(C)C. The van der Waals surface area contributed by atoms with Crippen LogP contribution in [0.1, 0.15) is 52.9 Å². The number of aliphatic carboxylic acids is 1. The average molecular weight is 241 g/mol. The predicted molar refractivity (Wildman–Crippen MR) is 72.2 cm³/mol. The molecule has 0 saturated heterocycles. The molecule has 0 unspecified atom stereocenters. The molecule has 0 aliphatic heterocycles. The van der Waals surface area contributed by atoms with Crippen LogP contribution in [0.15, 0.2) is 11.6 Å². The fraction of sp³-hybridized carbons (Fsp3) is 0.786. The molecule has 0 bridgehead atoms. The van der Waals surface area contributed by atoms with Gasteiger partial charge in [-0.2, -0.15) is 0 Å². The molecule has 3 heteroatoms. The van der Waals surface area contributed by atoms with Crippen LogP contribution in [0, 0.1) is 5.92 Å². The van der Waals surface area contributed by atoms with Crippen LogP contribution < -0.4 is 5.32 Å². The molecule has 0 aliphatic carbocycles. The molecule has 0 rings (SSSR count). The summed E-state index contributed by atoms with van der Waals surface area (Å²) < 4.78 is 0. The zero-order chi connectivity index (χ0) is 13.1. The van der Waals surface area contributed by atoms with Gasteiger partial charge in [-0.1, -0.05) is 45.1 Å². The van der Waals surface area contributed by atoms with E-state index in [2.05, 4.69) is 19.2 Å². The van der Waals surface area contributed by atoms with Crippen molar-refractivity contribution in [1.82, 2.24) is 5.32 Å². The fourth-order valence-electron chi connectivity index (χ4n) is 1.70. The molecular formula is C14H27NO2. The summed E-state index contributed by atoms with van der Waals surface area (Å²) in [6.45, 7) is 8.02. The highest BCUT2D eigenvalue weighted by atomic mass is 16.4. The second-order valence-electron chi connectivity index (χ2n) is 5.10. The monoisotopic (exact) mass is 241 g/mol. The van der Waals surface area contributed by atoms with Gasteiger partial charge in [-0.15, -0.1) is 0 Å². The number of rotatable bonds is 10. The van der Waals surface area contributed by atoms with E-state index in [1.807, 2.05) is 6.92 Å². The molecule has 0 fully saturated rings. The Bertz CT molecular complexity index is 234. The molecule has 0 aromatic heterocycles. The van der Waals surface area contributed by atoms with Gasteiger partial charge in [0.25, 0.3) is 0 Å². The Morgan fingerprint density at radius 3 is 2.47 bits per heavy atom. The maximum Gasteiger partial charge on any atom is 0.328 e. The minimum atomic E-state index is -0.863. The zero-order valence-electron chi connectivity index (χ0n) is 11.5. The van der Waals surface area contributed by atoms with Crippen LogP contribution in [0.2, 0.25) is 0 Å². The van der Waals surface area contributed by atoms with E-state index in [1.165, 1.54) is 38.2 Å². The third kappa shape index (κ3) is 13.1. The van der Waals surface area contributed by atoms with E-state index in [0.29, 0.717) is 6.54 Å². The summed E-state index contributed by atoms with van der Waals surface area (Å²) in [5, 5.41) is 11.8. The van der Waals surface area contributed by atoms with Crippen LogP contribution in [0.3, 0.4) is 0 Å². The molecule has 0 spiro atoms. The topological polar surface area (TPSA) is 49.3 Å². The Hall–Kier alpha value is -0.830. The van der Waals surface area contributed by atoms with E-state index in [9.17, 15) is 4.79 Å². The van der Waals surface area contributed by atoms with Crippen LogP contribution in [-0.2, 0) is 4.79 Å². The molecule has 0 amide bonds. The summed E-state index contributed by atoms with van der Waals surface area (Å²) in [5.41, 5.74) is 0.873. The average Bonchev–Trinajstić information content (AvgIpc) is 2.20. The number of carboxylic acids is 1. The van der Waals surface area contributed by atoms with Crippen molar-refractivity contribution in [3.05, 3.63) is 11.6 Å². The van der Waals surface area contributed by atoms with Gasteiger partial charge >= 0.3 is 5.97 Å². The van der Waals surface area contributed by atoms with Crippen LogP contribution in [0.4, 0.5) is 0 Å². The molecule has 100 valence electrons. The highest BCUT2D eigenvalue weighted by molar-refractivity contribution is 5.80. The first kappa shape index (κ1) is 16.2. The van der Waals surface area contributed by atoms with Crippen LogP contribution >= 0.6 is 0 Å². The molecular weight excluding hydrogens is 214 g/mol. The quantitative estimate of drug-likeness (QED) is 0.456. The largest absolute Gasteiger partial charge is 0.478 e. The number of hydrogen-bond donors (Lipinski definition) is 2.